The average Bonchev–Trinajstić information content (AvgIpc) is 2.43. The number of thiol groups is 1. The van der Waals surface area contributed by atoms with Crippen molar-refractivity contribution in [1.29, 1.82) is 0 Å². The molecule has 118 valence electrons. The van der Waals surface area contributed by atoms with Crippen LogP contribution in [0.2, 0.25) is 0 Å². The van der Waals surface area contributed by atoms with E-state index in [-0.39, 0.29) is 0 Å². The highest BCUT2D eigenvalue weighted by Crippen LogP contribution is 2.14. The fourth-order valence-electron chi connectivity index (χ4n) is 2.28. The smallest absolute Gasteiger partial charge is 0.373 e. The summed E-state index contributed by atoms with van der Waals surface area (Å²) >= 11 is 4.03. The average molecular weight is 302 g/mol. The molecule has 0 aliphatic rings. The fourth-order valence-corrected chi connectivity index (χ4v) is 2.57. The number of carboxylic acids is 1. The van der Waals surface area contributed by atoms with Crippen molar-refractivity contribution in [2.75, 3.05) is 0 Å². The Labute approximate surface area is 128 Å². The van der Waals surface area contributed by atoms with E-state index in [4.69, 9.17) is 5.11 Å². The van der Waals surface area contributed by atoms with Crippen LogP contribution in [0.15, 0.2) is 0 Å². The maximum absolute atomic E-state index is 11.1. The molecule has 0 rings (SSSR count). The molecule has 0 saturated carbocycles. The van der Waals surface area contributed by atoms with Crippen molar-refractivity contribution < 1.29 is 14.7 Å². The van der Waals surface area contributed by atoms with Gasteiger partial charge in [0.1, 0.15) is 0 Å². The van der Waals surface area contributed by atoms with Gasteiger partial charge in [-0.05, 0) is 6.42 Å². The molecule has 4 heteroatoms. The Balaban J connectivity index is 3.24. The van der Waals surface area contributed by atoms with Gasteiger partial charge >= 0.3 is 5.97 Å². The molecule has 0 saturated heterocycles. The normalized spacial score (nSPS) is 12.3. The van der Waals surface area contributed by atoms with Gasteiger partial charge in [0, 0.05) is 0 Å². The number of carboxylic acid groups (broad SMARTS) is 1. The lowest BCUT2D eigenvalue weighted by Crippen LogP contribution is -2.23. The van der Waals surface area contributed by atoms with Crippen LogP contribution >= 0.6 is 12.6 Å². The summed E-state index contributed by atoms with van der Waals surface area (Å²) in [6, 6.07) is 0. The molecule has 0 aromatic heterocycles. The molecule has 0 heterocycles. The zero-order valence-corrected chi connectivity index (χ0v) is 13.7. The van der Waals surface area contributed by atoms with Crippen LogP contribution in [-0.4, -0.2) is 22.1 Å². The topological polar surface area (TPSA) is 54.4 Å². The first-order chi connectivity index (χ1) is 9.59. The Hall–Kier alpha value is -0.510. The molecule has 3 nitrogen and oxygen atoms in total. The number of unbranched alkanes of at least 4 members (excludes halogenated alkanes) is 10. The molecular weight excluding hydrogens is 272 g/mol. The second-order valence-electron chi connectivity index (χ2n) is 5.51. The summed E-state index contributed by atoms with van der Waals surface area (Å²) in [6.07, 6.45) is 14.3. The van der Waals surface area contributed by atoms with Crippen molar-refractivity contribution in [3.8, 4) is 0 Å². The summed E-state index contributed by atoms with van der Waals surface area (Å²) in [6.45, 7) is 2.24. The maximum atomic E-state index is 11.1. The van der Waals surface area contributed by atoms with Gasteiger partial charge in [0.25, 0.3) is 5.78 Å². The highest BCUT2D eigenvalue weighted by atomic mass is 32.1. The van der Waals surface area contributed by atoms with Crippen LogP contribution in [-0.2, 0) is 9.59 Å². The summed E-state index contributed by atoms with van der Waals surface area (Å²) in [5.74, 6) is -2.14. The van der Waals surface area contributed by atoms with Crippen molar-refractivity contribution in [1.82, 2.24) is 0 Å². The molecule has 0 aliphatic carbocycles. The van der Waals surface area contributed by atoms with E-state index in [0.29, 0.717) is 6.42 Å². The van der Waals surface area contributed by atoms with Gasteiger partial charge in [-0.15, -0.1) is 0 Å². The molecule has 0 aliphatic heterocycles. The number of carbonyl (C=O) groups is 2. The van der Waals surface area contributed by atoms with E-state index in [2.05, 4.69) is 19.6 Å². The maximum Gasteiger partial charge on any atom is 0.373 e. The third-order valence-electron chi connectivity index (χ3n) is 3.59. The number of Topliss-reactive ketones (excluding diaryl/α,β-unsaturated/α-hetero) is 1. The predicted octanol–water partition coefficient (Wildman–Crippen LogP) is 4.64. The zero-order valence-electron chi connectivity index (χ0n) is 12.8. The Bertz CT molecular complexity index is 266. The lowest BCUT2D eigenvalue weighted by atomic mass is 10.0. The number of carbonyl (C=O) groups excluding carboxylic acids is 1. The molecule has 0 radical (unpaired) electrons. The number of aliphatic carboxylic acids is 1. The van der Waals surface area contributed by atoms with Crippen LogP contribution in [0.1, 0.15) is 84.0 Å². The summed E-state index contributed by atoms with van der Waals surface area (Å²) in [5, 5.41) is 7.90. The standard InChI is InChI=1S/C16H30O3S/c1-2-3-4-5-6-7-8-9-10-11-12-13-14(20)15(17)16(18)19/h14,20H,2-13H2,1H3,(H,18,19). The number of hydrogen-bond acceptors (Lipinski definition) is 3. The Kier molecular flexibility index (Phi) is 13.1. The van der Waals surface area contributed by atoms with Gasteiger partial charge in [-0.2, -0.15) is 12.6 Å². The third kappa shape index (κ3) is 11.3. The zero-order chi connectivity index (χ0) is 15.2. The minimum Gasteiger partial charge on any atom is -0.475 e. The van der Waals surface area contributed by atoms with E-state index < -0.39 is 17.0 Å². The molecular formula is C16H30O3S. The summed E-state index contributed by atoms with van der Waals surface area (Å²) in [5.41, 5.74) is 0. The largest absolute Gasteiger partial charge is 0.475 e. The SMILES string of the molecule is CCCCCCCCCCCCCC(S)C(=O)C(=O)O. The van der Waals surface area contributed by atoms with Crippen LogP contribution in [0.25, 0.3) is 0 Å². The second kappa shape index (κ2) is 13.5. The molecule has 0 amide bonds. The van der Waals surface area contributed by atoms with Crippen molar-refractivity contribution in [2.24, 2.45) is 0 Å². The quantitative estimate of drug-likeness (QED) is 0.279. The number of rotatable bonds is 14. The van der Waals surface area contributed by atoms with Crippen LogP contribution in [0, 0.1) is 0 Å². The number of ketones is 1. The van der Waals surface area contributed by atoms with E-state index in [0.717, 1.165) is 12.8 Å². The molecule has 1 atom stereocenters. The minimum absolute atomic E-state index is 0.575. The summed E-state index contributed by atoms with van der Waals surface area (Å²) < 4.78 is 0. The van der Waals surface area contributed by atoms with Crippen molar-refractivity contribution >= 4 is 24.4 Å². The van der Waals surface area contributed by atoms with E-state index >= 15 is 0 Å². The van der Waals surface area contributed by atoms with Crippen LogP contribution in [0.5, 0.6) is 0 Å². The van der Waals surface area contributed by atoms with E-state index in [1.54, 1.807) is 0 Å². The summed E-state index contributed by atoms with van der Waals surface area (Å²) in [4.78, 5) is 21.5. The lowest BCUT2D eigenvalue weighted by Gasteiger charge is -2.06. The van der Waals surface area contributed by atoms with Gasteiger partial charge in [0.15, 0.2) is 0 Å². The highest BCUT2D eigenvalue weighted by molar-refractivity contribution is 7.82. The molecule has 0 spiro atoms. The molecule has 0 fully saturated rings. The Morgan fingerprint density at radius 3 is 1.65 bits per heavy atom. The van der Waals surface area contributed by atoms with Gasteiger partial charge in [0.2, 0.25) is 0 Å². The van der Waals surface area contributed by atoms with Gasteiger partial charge in [0.05, 0.1) is 5.25 Å². The fraction of sp³-hybridized carbons (Fsp3) is 0.875. The van der Waals surface area contributed by atoms with Crippen molar-refractivity contribution in [3.63, 3.8) is 0 Å². The first kappa shape index (κ1) is 19.5. The van der Waals surface area contributed by atoms with Gasteiger partial charge < -0.3 is 5.11 Å². The first-order valence-electron chi connectivity index (χ1n) is 8.04. The van der Waals surface area contributed by atoms with Crippen molar-refractivity contribution in [3.05, 3.63) is 0 Å². The number of hydrogen-bond donors (Lipinski definition) is 2. The van der Waals surface area contributed by atoms with Crippen LogP contribution in [0.4, 0.5) is 0 Å². The molecule has 0 aromatic carbocycles. The minimum atomic E-state index is -1.37. The van der Waals surface area contributed by atoms with Crippen molar-refractivity contribution in [2.45, 2.75) is 89.2 Å². The van der Waals surface area contributed by atoms with E-state index in [1.807, 2.05) is 0 Å². The Morgan fingerprint density at radius 2 is 1.25 bits per heavy atom. The monoisotopic (exact) mass is 302 g/mol. The molecule has 1 N–H and O–H groups in total. The molecule has 20 heavy (non-hydrogen) atoms. The lowest BCUT2D eigenvalue weighted by molar-refractivity contribution is -0.148. The van der Waals surface area contributed by atoms with Crippen LogP contribution < -0.4 is 0 Å². The molecule has 0 bridgehead atoms. The molecule has 0 aromatic rings. The Morgan fingerprint density at radius 1 is 0.850 bits per heavy atom. The van der Waals surface area contributed by atoms with Gasteiger partial charge in [-0.1, -0.05) is 77.6 Å². The summed E-state index contributed by atoms with van der Waals surface area (Å²) in [7, 11) is 0. The van der Waals surface area contributed by atoms with Gasteiger partial charge in [-0.25, -0.2) is 4.79 Å². The first-order valence-corrected chi connectivity index (χ1v) is 8.56. The van der Waals surface area contributed by atoms with Crippen LogP contribution in [0.3, 0.4) is 0 Å². The van der Waals surface area contributed by atoms with E-state index in [1.165, 1.54) is 57.8 Å². The predicted molar refractivity (Wildman–Crippen MR) is 86.5 cm³/mol. The molecule has 1 unspecified atom stereocenters. The highest BCUT2D eigenvalue weighted by Gasteiger charge is 2.20. The van der Waals surface area contributed by atoms with Gasteiger partial charge in [-0.3, -0.25) is 4.79 Å². The second-order valence-corrected chi connectivity index (χ2v) is 6.13. The third-order valence-corrected chi connectivity index (χ3v) is 4.09. The van der Waals surface area contributed by atoms with E-state index in [9.17, 15) is 9.59 Å².